The van der Waals surface area contributed by atoms with Gasteiger partial charge in [0.2, 0.25) is 0 Å². The molecular formula is C12H18N4O2. The summed E-state index contributed by atoms with van der Waals surface area (Å²) in [7, 11) is 1.94. The number of anilines is 1. The third kappa shape index (κ3) is 2.53. The van der Waals surface area contributed by atoms with Crippen molar-refractivity contribution in [2.75, 3.05) is 18.5 Å². The number of aromatic nitrogens is 1. The van der Waals surface area contributed by atoms with Crippen molar-refractivity contribution in [2.24, 2.45) is 16.8 Å². The van der Waals surface area contributed by atoms with E-state index in [9.17, 15) is 5.11 Å². The van der Waals surface area contributed by atoms with Gasteiger partial charge in [0, 0.05) is 25.4 Å². The first-order valence-electron chi connectivity index (χ1n) is 5.93. The van der Waals surface area contributed by atoms with Crippen molar-refractivity contribution in [3.8, 4) is 0 Å². The van der Waals surface area contributed by atoms with Crippen LogP contribution in [0.25, 0.3) is 0 Å². The van der Waals surface area contributed by atoms with Crippen LogP contribution in [-0.4, -0.2) is 40.8 Å². The Morgan fingerprint density at radius 2 is 2.33 bits per heavy atom. The lowest BCUT2D eigenvalue weighted by molar-refractivity contribution is 0.0465. The van der Waals surface area contributed by atoms with Crippen LogP contribution in [-0.2, 0) is 0 Å². The van der Waals surface area contributed by atoms with Crippen LogP contribution in [0.1, 0.15) is 18.4 Å². The number of nitrogens with zero attached hydrogens (tertiary/aromatic N) is 3. The van der Waals surface area contributed by atoms with Crippen LogP contribution in [0.3, 0.4) is 0 Å². The Morgan fingerprint density at radius 3 is 2.94 bits per heavy atom. The van der Waals surface area contributed by atoms with Crippen molar-refractivity contribution in [3.05, 3.63) is 24.0 Å². The van der Waals surface area contributed by atoms with E-state index in [1.807, 2.05) is 11.9 Å². The number of amidine groups is 1. The minimum absolute atomic E-state index is 0.0768. The number of rotatable bonds is 4. The fourth-order valence-electron chi connectivity index (χ4n) is 2.30. The first-order valence-corrected chi connectivity index (χ1v) is 5.93. The maximum absolute atomic E-state index is 9.28. The molecule has 1 aromatic rings. The van der Waals surface area contributed by atoms with Crippen LogP contribution in [0.5, 0.6) is 0 Å². The van der Waals surface area contributed by atoms with Crippen LogP contribution < -0.4 is 10.6 Å². The molecule has 0 radical (unpaired) electrons. The molecule has 18 heavy (non-hydrogen) atoms. The molecule has 98 valence electrons. The topological polar surface area (TPSA) is 95.0 Å². The number of hydrogen-bond acceptors (Lipinski definition) is 5. The second kappa shape index (κ2) is 5.22. The monoisotopic (exact) mass is 250 g/mol. The zero-order valence-electron chi connectivity index (χ0n) is 10.3. The number of aliphatic hydroxyl groups excluding tert-OH is 1. The average Bonchev–Trinajstić information content (AvgIpc) is 2.36. The molecule has 1 saturated carbocycles. The minimum Gasteiger partial charge on any atom is -0.409 e. The Hall–Kier alpha value is -1.82. The Kier molecular flexibility index (Phi) is 3.66. The van der Waals surface area contributed by atoms with Crippen molar-refractivity contribution in [1.82, 2.24) is 4.98 Å². The largest absolute Gasteiger partial charge is 0.409 e. The van der Waals surface area contributed by atoms with Gasteiger partial charge >= 0.3 is 0 Å². The lowest BCUT2D eigenvalue weighted by Gasteiger charge is -2.35. The molecule has 1 heterocycles. The van der Waals surface area contributed by atoms with E-state index < -0.39 is 0 Å². The number of nitrogens with two attached hydrogens (primary N) is 1. The number of aliphatic hydroxyl groups is 1. The minimum atomic E-state index is -0.152. The van der Waals surface area contributed by atoms with Gasteiger partial charge in [-0.3, -0.25) is 4.98 Å². The maximum Gasteiger partial charge on any atom is 0.172 e. The van der Waals surface area contributed by atoms with Gasteiger partial charge in [-0.25, -0.2) is 0 Å². The van der Waals surface area contributed by atoms with Crippen LogP contribution in [0.15, 0.2) is 23.6 Å². The molecule has 0 unspecified atom stereocenters. The first kappa shape index (κ1) is 12.6. The van der Waals surface area contributed by atoms with E-state index in [4.69, 9.17) is 10.9 Å². The van der Waals surface area contributed by atoms with E-state index in [-0.39, 0.29) is 11.9 Å². The SMILES string of the molecule is CN(CC1CC(O)C1)c1cnccc1/C(N)=N/O. The van der Waals surface area contributed by atoms with Gasteiger partial charge in [-0.05, 0) is 24.8 Å². The molecule has 0 bridgehead atoms. The van der Waals surface area contributed by atoms with E-state index in [1.54, 1.807) is 18.5 Å². The molecule has 0 atom stereocenters. The van der Waals surface area contributed by atoms with E-state index in [1.165, 1.54) is 0 Å². The van der Waals surface area contributed by atoms with Crippen molar-refractivity contribution in [3.63, 3.8) is 0 Å². The van der Waals surface area contributed by atoms with Crippen LogP contribution in [0, 0.1) is 5.92 Å². The number of oxime groups is 1. The molecule has 1 fully saturated rings. The third-order valence-electron chi connectivity index (χ3n) is 3.34. The Balaban J connectivity index is 2.12. The summed E-state index contributed by atoms with van der Waals surface area (Å²) < 4.78 is 0. The van der Waals surface area contributed by atoms with Crippen molar-refractivity contribution in [1.29, 1.82) is 0 Å². The van der Waals surface area contributed by atoms with Crippen molar-refractivity contribution >= 4 is 11.5 Å². The Morgan fingerprint density at radius 1 is 1.61 bits per heavy atom. The van der Waals surface area contributed by atoms with E-state index >= 15 is 0 Å². The summed E-state index contributed by atoms with van der Waals surface area (Å²) in [5, 5.41) is 21.1. The lowest BCUT2D eigenvalue weighted by Crippen LogP contribution is -2.37. The van der Waals surface area contributed by atoms with Gasteiger partial charge < -0.3 is 20.9 Å². The maximum atomic E-state index is 9.28. The predicted octanol–water partition coefficient (Wildman–Crippen LogP) is 0.383. The zero-order chi connectivity index (χ0) is 13.1. The van der Waals surface area contributed by atoms with Gasteiger partial charge in [0.1, 0.15) is 0 Å². The Bertz CT molecular complexity index is 443. The Labute approximate surface area is 106 Å². The highest BCUT2D eigenvalue weighted by molar-refractivity contribution is 6.01. The number of hydrogen-bond donors (Lipinski definition) is 3. The van der Waals surface area contributed by atoms with Crippen molar-refractivity contribution < 1.29 is 10.3 Å². The molecule has 4 N–H and O–H groups in total. The summed E-state index contributed by atoms with van der Waals surface area (Å²) in [5.74, 6) is 0.568. The molecule has 1 aliphatic rings. The van der Waals surface area contributed by atoms with Crippen LogP contribution >= 0.6 is 0 Å². The molecule has 0 aliphatic heterocycles. The highest BCUT2D eigenvalue weighted by Gasteiger charge is 2.28. The summed E-state index contributed by atoms with van der Waals surface area (Å²) in [5.41, 5.74) is 7.13. The lowest BCUT2D eigenvalue weighted by atomic mass is 9.82. The fourth-order valence-corrected chi connectivity index (χ4v) is 2.30. The summed E-state index contributed by atoms with van der Waals surface area (Å²) >= 11 is 0. The molecule has 0 spiro atoms. The standard InChI is InChI=1S/C12H18N4O2/c1-16(7-8-4-9(17)5-8)11-6-14-3-2-10(11)12(13)15-18/h2-3,6,8-9,17-18H,4-5,7H2,1H3,(H2,13,15). The highest BCUT2D eigenvalue weighted by atomic mass is 16.4. The van der Waals surface area contributed by atoms with Crippen LogP contribution in [0.4, 0.5) is 5.69 Å². The van der Waals surface area contributed by atoms with Crippen molar-refractivity contribution in [2.45, 2.75) is 18.9 Å². The second-order valence-corrected chi connectivity index (χ2v) is 4.75. The summed E-state index contributed by atoms with van der Waals surface area (Å²) in [4.78, 5) is 6.09. The molecule has 0 amide bonds. The first-order chi connectivity index (χ1) is 8.61. The van der Waals surface area contributed by atoms with Gasteiger partial charge in [0.25, 0.3) is 0 Å². The summed E-state index contributed by atoms with van der Waals surface area (Å²) in [6, 6.07) is 1.72. The molecule has 0 saturated heterocycles. The van der Waals surface area contributed by atoms with Gasteiger partial charge in [-0.2, -0.15) is 0 Å². The molecule has 6 heteroatoms. The van der Waals surface area contributed by atoms with E-state index in [0.29, 0.717) is 11.5 Å². The molecule has 1 aromatic heterocycles. The number of pyridine rings is 1. The van der Waals surface area contributed by atoms with E-state index in [0.717, 1.165) is 25.1 Å². The molecular weight excluding hydrogens is 232 g/mol. The van der Waals surface area contributed by atoms with Gasteiger partial charge in [0.05, 0.1) is 18.0 Å². The fraction of sp³-hybridized carbons (Fsp3) is 0.500. The van der Waals surface area contributed by atoms with Gasteiger partial charge in [-0.1, -0.05) is 5.16 Å². The predicted molar refractivity (Wildman–Crippen MR) is 68.7 cm³/mol. The van der Waals surface area contributed by atoms with Crippen LogP contribution in [0.2, 0.25) is 0 Å². The van der Waals surface area contributed by atoms with Gasteiger partial charge in [0.15, 0.2) is 5.84 Å². The zero-order valence-corrected chi connectivity index (χ0v) is 10.3. The smallest absolute Gasteiger partial charge is 0.172 e. The molecule has 1 aliphatic carbocycles. The quantitative estimate of drug-likeness (QED) is 0.311. The molecule has 0 aromatic carbocycles. The van der Waals surface area contributed by atoms with E-state index in [2.05, 4.69) is 10.1 Å². The van der Waals surface area contributed by atoms with Gasteiger partial charge in [-0.15, -0.1) is 0 Å². The molecule has 6 nitrogen and oxygen atoms in total. The average molecular weight is 250 g/mol. The summed E-state index contributed by atoms with van der Waals surface area (Å²) in [6.45, 7) is 0.828. The highest BCUT2D eigenvalue weighted by Crippen LogP contribution is 2.29. The third-order valence-corrected chi connectivity index (χ3v) is 3.34. The second-order valence-electron chi connectivity index (χ2n) is 4.75. The normalized spacial score (nSPS) is 23.6. The summed E-state index contributed by atoms with van der Waals surface area (Å²) in [6.07, 6.45) is 4.83. The molecule has 2 rings (SSSR count).